The molecule has 2 aromatic carbocycles. The Bertz CT molecular complexity index is 1330. The van der Waals surface area contributed by atoms with Gasteiger partial charge in [-0.2, -0.15) is 13.2 Å². The van der Waals surface area contributed by atoms with Crippen LogP contribution in [0.4, 0.5) is 17.6 Å². The summed E-state index contributed by atoms with van der Waals surface area (Å²) in [7, 11) is 0. The second-order valence-electron chi connectivity index (χ2n) is 7.11. The highest BCUT2D eigenvalue weighted by molar-refractivity contribution is 7.98. The van der Waals surface area contributed by atoms with Gasteiger partial charge in [0.1, 0.15) is 16.3 Å². The largest absolute Gasteiger partial charge is 0.481 e. The van der Waals surface area contributed by atoms with Crippen LogP contribution in [0, 0.1) is 12.7 Å². The average Bonchev–Trinajstić information content (AvgIpc) is 3.33. The smallest absolute Gasteiger partial charge is 0.419 e. The molecule has 0 aliphatic heterocycles. The van der Waals surface area contributed by atoms with Gasteiger partial charge in [0.05, 0.1) is 17.7 Å². The van der Waals surface area contributed by atoms with Crippen LogP contribution in [0.15, 0.2) is 45.7 Å². The molecule has 0 saturated carbocycles. The molecule has 0 unspecified atom stereocenters. The van der Waals surface area contributed by atoms with Gasteiger partial charge in [-0.05, 0) is 31.2 Å². The molecule has 172 valence electrons. The number of hydrogen-bond donors (Lipinski definition) is 1. The third-order valence-corrected chi connectivity index (χ3v) is 7.21. The Morgan fingerprint density at radius 1 is 1.21 bits per heavy atom. The number of rotatable bonds is 7. The van der Waals surface area contributed by atoms with Crippen molar-refractivity contribution >= 4 is 40.2 Å². The topological polar surface area (TPSA) is 76.2 Å². The van der Waals surface area contributed by atoms with Crippen molar-refractivity contribution in [2.24, 2.45) is 0 Å². The minimum absolute atomic E-state index is 0.0807. The van der Waals surface area contributed by atoms with Crippen LogP contribution in [0.2, 0.25) is 0 Å². The lowest BCUT2D eigenvalue weighted by molar-refractivity contribution is -0.140. The first-order chi connectivity index (χ1) is 15.6. The molecule has 0 atom stereocenters. The first-order valence-corrected chi connectivity index (χ1v) is 11.5. The first kappa shape index (κ1) is 23.2. The molecule has 11 heteroatoms. The van der Waals surface area contributed by atoms with E-state index in [2.05, 4.69) is 9.97 Å². The molecule has 0 spiro atoms. The van der Waals surface area contributed by atoms with Crippen LogP contribution >= 0.6 is 23.1 Å². The minimum atomic E-state index is -4.75. The quantitative estimate of drug-likeness (QED) is 0.226. The zero-order chi connectivity index (χ0) is 23.8. The number of aromatic nitrogens is 2. The van der Waals surface area contributed by atoms with Crippen LogP contribution in [-0.4, -0.2) is 21.0 Å². The summed E-state index contributed by atoms with van der Waals surface area (Å²) < 4.78 is 58.0. The molecule has 1 N–H and O–H groups in total. The normalized spacial score (nSPS) is 11.9. The molecule has 33 heavy (non-hydrogen) atoms. The Labute approximate surface area is 193 Å². The van der Waals surface area contributed by atoms with E-state index in [-0.39, 0.29) is 18.4 Å². The van der Waals surface area contributed by atoms with Crippen molar-refractivity contribution in [1.82, 2.24) is 9.97 Å². The Hall–Kier alpha value is -2.92. The molecular formula is C22H16F4N2O3S2. The molecule has 0 amide bonds. The number of carboxylic acid groups (broad SMARTS) is 1. The third kappa shape index (κ3) is 5.19. The summed E-state index contributed by atoms with van der Waals surface area (Å²) in [6, 6.07) is 8.24. The summed E-state index contributed by atoms with van der Waals surface area (Å²) in [5.41, 5.74) is 0.875. The van der Waals surface area contributed by atoms with Gasteiger partial charge in [0, 0.05) is 27.5 Å². The molecule has 0 fully saturated rings. The van der Waals surface area contributed by atoms with Crippen molar-refractivity contribution in [2.45, 2.75) is 36.6 Å². The van der Waals surface area contributed by atoms with E-state index in [0.29, 0.717) is 33.4 Å². The highest BCUT2D eigenvalue weighted by Crippen LogP contribution is 2.37. The van der Waals surface area contributed by atoms with Gasteiger partial charge >= 0.3 is 12.1 Å². The predicted octanol–water partition coefficient (Wildman–Crippen LogP) is 6.73. The number of carboxylic acids is 1. The fourth-order valence-corrected chi connectivity index (χ4v) is 5.33. The summed E-state index contributed by atoms with van der Waals surface area (Å²) in [6.07, 6.45) is -4.64. The van der Waals surface area contributed by atoms with Gasteiger partial charge in [0.25, 0.3) is 0 Å². The van der Waals surface area contributed by atoms with Crippen molar-refractivity contribution in [3.05, 3.63) is 64.2 Å². The minimum Gasteiger partial charge on any atom is -0.481 e. The number of oxazole rings is 1. The maximum atomic E-state index is 14.0. The van der Waals surface area contributed by atoms with E-state index in [1.807, 2.05) is 12.1 Å². The average molecular weight is 497 g/mol. The van der Waals surface area contributed by atoms with Crippen molar-refractivity contribution in [3.8, 4) is 10.6 Å². The molecule has 4 rings (SSSR count). The second-order valence-corrected chi connectivity index (χ2v) is 9.21. The lowest BCUT2D eigenvalue weighted by Gasteiger charge is -2.08. The number of nitrogens with zero attached hydrogens (tertiary/aromatic N) is 2. The molecule has 0 aliphatic rings. The van der Waals surface area contributed by atoms with Gasteiger partial charge in [-0.3, -0.25) is 4.79 Å². The zero-order valence-electron chi connectivity index (χ0n) is 17.1. The number of thioether (sulfide) groups is 1. The van der Waals surface area contributed by atoms with Gasteiger partial charge < -0.3 is 9.52 Å². The van der Waals surface area contributed by atoms with E-state index in [1.165, 1.54) is 29.2 Å². The van der Waals surface area contributed by atoms with Gasteiger partial charge in [-0.25, -0.2) is 14.4 Å². The van der Waals surface area contributed by atoms with Crippen LogP contribution in [-0.2, 0) is 23.1 Å². The fourth-order valence-electron chi connectivity index (χ4n) is 3.11. The third-order valence-electron chi connectivity index (χ3n) is 4.75. The maximum absolute atomic E-state index is 14.0. The number of fused-ring (bicyclic) bond motifs is 1. The van der Waals surface area contributed by atoms with Gasteiger partial charge in [-0.15, -0.1) is 23.1 Å². The predicted molar refractivity (Wildman–Crippen MR) is 117 cm³/mol. The molecule has 0 aliphatic carbocycles. The molecule has 2 aromatic heterocycles. The van der Waals surface area contributed by atoms with Crippen LogP contribution < -0.4 is 0 Å². The summed E-state index contributed by atoms with van der Waals surface area (Å²) in [5, 5.41) is 9.28. The van der Waals surface area contributed by atoms with Gasteiger partial charge in [0.15, 0.2) is 11.5 Å². The molecular weight excluding hydrogens is 480 g/mol. The van der Waals surface area contributed by atoms with Crippen molar-refractivity contribution < 1.29 is 31.9 Å². The van der Waals surface area contributed by atoms with E-state index in [0.717, 1.165) is 21.9 Å². The first-order valence-electron chi connectivity index (χ1n) is 9.68. The standard InChI is InChI=1S/C22H16F4N2O3S2/c1-11-17(33-21(27-11)12-5-6-13(14(23)9-12)22(24,25)26)10-32-16-4-2-3-15-20(16)28-18(31-15)7-8-19(29)30/h2-6,9H,7-8,10H2,1H3,(H,29,30). The SMILES string of the molecule is Cc1nc(-c2ccc(C(F)(F)F)c(F)c2)sc1CSc1cccc2oc(CCC(=O)O)nc12. The van der Waals surface area contributed by atoms with Crippen LogP contribution in [0.25, 0.3) is 21.7 Å². The molecule has 4 aromatic rings. The summed E-state index contributed by atoms with van der Waals surface area (Å²) >= 11 is 2.77. The number of halogens is 4. The number of aryl methyl sites for hydroxylation is 2. The van der Waals surface area contributed by atoms with E-state index in [1.54, 1.807) is 13.0 Å². The van der Waals surface area contributed by atoms with E-state index >= 15 is 0 Å². The van der Waals surface area contributed by atoms with Gasteiger partial charge in [0.2, 0.25) is 0 Å². The lowest BCUT2D eigenvalue weighted by atomic mass is 10.1. The van der Waals surface area contributed by atoms with Crippen LogP contribution in [0.1, 0.15) is 28.4 Å². The van der Waals surface area contributed by atoms with E-state index in [4.69, 9.17) is 9.52 Å². The Kier molecular flexibility index (Phi) is 6.44. The number of hydrogen-bond acceptors (Lipinski definition) is 6. The Balaban J connectivity index is 1.53. The Morgan fingerprint density at radius 3 is 2.70 bits per heavy atom. The van der Waals surface area contributed by atoms with Crippen molar-refractivity contribution in [1.29, 1.82) is 0 Å². The number of para-hydroxylation sites is 1. The highest BCUT2D eigenvalue weighted by atomic mass is 32.2. The zero-order valence-corrected chi connectivity index (χ0v) is 18.7. The van der Waals surface area contributed by atoms with E-state index < -0.39 is 23.5 Å². The van der Waals surface area contributed by atoms with Crippen molar-refractivity contribution in [2.75, 3.05) is 0 Å². The molecule has 0 bridgehead atoms. The lowest BCUT2D eigenvalue weighted by Crippen LogP contribution is -2.07. The maximum Gasteiger partial charge on any atom is 0.419 e. The highest BCUT2D eigenvalue weighted by Gasteiger charge is 2.34. The van der Waals surface area contributed by atoms with Crippen LogP contribution in [0.5, 0.6) is 0 Å². The number of thiazole rings is 1. The number of alkyl halides is 3. The summed E-state index contributed by atoms with van der Waals surface area (Å²) in [5.74, 6) is -1.40. The number of aliphatic carboxylic acids is 1. The summed E-state index contributed by atoms with van der Waals surface area (Å²) in [4.78, 5) is 21.3. The fraction of sp³-hybridized carbons (Fsp3) is 0.227. The molecule has 2 heterocycles. The monoisotopic (exact) mass is 496 g/mol. The van der Waals surface area contributed by atoms with E-state index in [9.17, 15) is 22.4 Å². The van der Waals surface area contributed by atoms with Crippen molar-refractivity contribution in [3.63, 3.8) is 0 Å². The molecule has 5 nitrogen and oxygen atoms in total. The summed E-state index contributed by atoms with van der Waals surface area (Å²) in [6.45, 7) is 1.79. The number of benzene rings is 2. The van der Waals surface area contributed by atoms with Gasteiger partial charge in [-0.1, -0.05) is 12.1 Å². The molecule has 0 radical (unpaired) electrons. The van der Waals surface area contributed by atoms with Crippen LogP contribution in [0.3, 0.4) is 0 Å². The second kappa shape index (κ2) is 9.14. The Morgan fingerprint density at radius 2 is 2.00 bits per heavy atom. The number of carbonyl (C=O) groups is 1. The molecule has 0 saturated heterocycles.